The molecule has 8 heteroatoms. The van der Waals surface area contributed by atoms with Crippen LogP contribution in [0.15, 0.2) is 41.8 Å². The number of nitrogens with zero attached hydrogens (tertiary/aromatic N) is 2. The number of hydrogen-bond acceptors (Lipinski definition) is 5. The van der Waals surface area contributed by atoms with Crippen molar-refractivity contribution >= 4 is 29.5 Å². The van der Waals surface area contributed by atoms with E-state index in [-0.39, 0.29) is 11.9 Å². The van der Waals surface area contributed by atoms with Crippen LogP contribution in [-0.2, 0) is 4.79 Å². The second-order valence-electron chi connectivity index (χ2n) is 6.97. The maximum atomic E-state index is 13.1. The molecule has 1 saturated carbocycles. The molecular weight excluding hydrogens is 392 g/mol. The molecule has 2 unspecified atom stereocenters. The van der Waals surface area contributed by atoms with Crippen molar-refractivity contribution in [2.75, 3.05) is 7.11 Å². The Bertz CT molecular complexity index is 1000. The van der Waals surface area contributed by atoms with E-state index in [0.29, 0.717) is 16.5 Å². The van der Waals surface area contributed by atoms with Gasteiger partial charge < -0.3 is 10.1 Å². The maximum absolute atomic E-state index is 13.1. The van der Waals surface area contributed by atoms with E-state index >= 15 is 0 Å². The normalized spacial score (nSPS) is 15.8. The van der Waals surface area contributed by atoms with E-state index in [1.807, 2.05) is 48.7 Å². The van der Waals surface area contributed by atoms with Crippen LogP contribution in [0.1, 0.15) is 37.4 Å². The molecule has 4 rings (SSSR count). The summed E-state index contributed by atoms with van der Waals surface area (Å²) in [5.41, 5.74) is 1.10. The summed E-state index contributed by atoms with van der Waals surface area (Å²) in [6, 6.07) is 11.4. The van der Waals surface area contributed by atoms with E-state index < -0.39 is 6.04 Å². The lowest BCUT2D eigenvalue weighted by Gasteiger charge is -2.22. The van der Waals surface area contributed by atoms with Crippen molar-refractivity contribution in [1.29, 1.82) is 0 Å². The van der Waals surface area contributed by atoms with Gasteiger partial charge >= 0.3 is 0 Å². The zero-order valence-corrected chi connectivity index (χ0v) is 17.3. The van der Waals surface area contributed by atoms with Gasteiger partial charge in [0.2, 0.25) is 5.91 Å². The zero-order chi connectivity index (χ0) is 19.7. The Morgan fingerprint density at radius 3 is 2.71 bits per heavy atom. The van der Waals surface area contributed by atoms with Crippen LogP contribution < -0.4 is 10.1 Å². The minimum atomic E-state index is -0.470. The number of carbonyl (C=O) groups excluding carboxylic acids is 1. The Balaban J connectivity index is 1.57. The van der Waals surface area contributed by atoms with Gasteiger partial charge in [-0.05, 0) is 67.0 Å². The fourth-order valence-electron chi connectivity index (χ4n) is 3.35. The summed E-state index contributed by atoms with van der Waals surface area (Å²) in [6.07, 6.45) is 2.24. The van der Waals surface area contributed by atoms with Gasteiger partial charge in [0, 0.05) is 0 Å². The van der Waals surface area contributed by atoms with Crippen LogP contribution in [0, 0.1) is 10.7 Å². The van der Waals surface area contributed by atoms with Gasteiger partial charge in [0.25, 0.3) is 0 Å². The molecule has 2 N–H and O–H groups in total. The first-order valence-electron chi connectivity index (χ1n) is 9.23. The summed E-state index contributed by atoms with van der Waals surface area (Å²) in [5, 5.41) is 12.4. The highest BCUT2D eigenvalue weighted by atomic mass is 32.1. The molecule has 6 nitrogen and oxygen atoms in total. The summed E-state index contributed by atoms with van der Waals surface area (Å²) in [7, 11) is 1.65. The molecule has 1 aliphatic rings. The van der Waals surface area contributed by atoms with E-state index in [1.165, 1.54) is 0 Å². The first-order chi connectivity index (χ1) is 13.6. The highest BCUT2D eigenvalue weighted by molar-refractivity contribution is 7.71. The van der Waals surface area contributed by atoms with Crippen LogP contribution in [-0.4, -0.2) is 27.8 Å². The van der Waals surface area contributed by atoms with Crippen molar-refractivity contribution in [3.63, 3.8) is 0 Å². The second-order valence-corrected chi connectivity index (χ2v) is 8.31. The minimum Gasteiger partial charge on any atom is -0.497 e. The number of ether oxygens (including phenoxy) is 1. The molecule has 3 aromatic rings. The SMILES string of the molecule is COc1ccc(C(NC(=O)C(C)n2c(-c3cccs3)n[nH]c2=S)C2CC2)cc1. The topological polar surface area (TPSA) is 71.9 Å². The first-order valence-corrected chi connectivity index (χ1v) is 10.5. The molecule has 0 saturated heterocycles. The van der Waals surface area contributed by atoms with Gasteiger partial charge in [0.15, 0.2) is 10.6 Å². The first kappa shape index (κ1) is 18.9. The van der Waals surface area contributed by atoms with Crippen molar-refractivity contribution in [2.45, 2.75) is 31.8 Å². The van der Waals surface area contributed by atoms with Crippen molar-refractivity contribution in [3.8, 4) is 16.5 Å². The number of benzene rings is 1. The molecule has 0 spiro atoms. The monoisotopic (exact) mass is 414 g/mol. The van der Waals surface area contributed by atoms with E-state index in [1.54, 1.807) is 23.0 Å². The highest BCUT2D eigenvalue weighted by Gasteiger charge is 2.35. The summed E-state index contributed by atoms with van der Waals surface area (Å²) in [6.45, 7) is 1.86. The third-order valence-electron chi connectivity index (χ3n) is 5.08. The van der Waals surface area contributed by atoms with Gasteiger partial charge in [-0.2, -0.15) is 5.10 Å². The Kier molecular flexibility index (Phi) is 5.32. The van der Waals surface area contributed by atoms with Crippen molar-refractivity contribution < 1.29 is 9.53 Å². The maximum Gasteiger partial charge on any atom is 0.243 e. The molecule has 1 aromatic carbocycles. The van der Waals surface area contributed by atoms with Gasteiger partial charge in [0.05, 0.1) is 18.0 Å². The molecule has 1 amide bonds. The molecule has 2 heterocycles. The third-order valence-corrected chi connectivity index (χ3v) is 6.23. The van der Waals surface area contributed by atoms with Crippen molar-refractivity contribution in [2.24, 2.45) is 5.92 Å². The fourth-order valence-corrected chi connectivity index (χ4v) is 4.35. The summed E-state index contributed by atoms with van der Waals surface area (Å²) in [5.74, 6) is 1.90. The number of carbonyl (C=O) groups is 1. The predicted molar refractivity (Wildman–Crippen MR) is 112 cm³/mol. The smallest absolute Gasteiger partial charge is 0.243 e. The molecule has 0 aliphatic heterocycles. The van der Waals surface area contributed by atoms with E-state index in [9.17, 15) is 4.79 Å². The van der Waals surface area contributed by atoms with Crippen molar-refractivity contribution in [3.05, 3.63) is 52.1 Å². The van der Waals surface area contributed by atoms with Gasteiger partial charge in [-0.15, -0.1) is 11.3 Å². The summed E-state index contributed by atoms with van der Waals surface area (Å²) < 4.78 is 7.47. The number of hydrogen-bond donors (Lipinski definition) is 2. The number of H-pyrrole nitrogens is 1. The minimum absolute atomic E-state index is 0.00730. The molecule has 146 valence electrons. The van der Waals surface area contributed by atoms with Crippen LogP contribution in [0.25, 0.3) is 10.7 Å². The number of amides is 1. The van der Waals surface area contributed by atoms with Crippen LogP contribution >= 0.6 is 23.6 Å². The molecular formula is C20H22N4O2S2. The van der Waals surface area contributed by atoms with Crippen LogP contribution in [0.3, 0.4) is 0 Å². The average Bonchev–Trinajstić information content (AvgIpc) is 3.26. The molecule has 0 radical (unpaired) electrons. The summed E-state index contributed by atoms with van der Waals surface area (Å²) >= 11 is 6.97. The van der Waals surface area contributed by atoms with E-state index in [2.05, 4.69) is 15.5 Å². The van der Waals surface area contributed by atoms with Crippen LogP contribution in [0.2, 0.25) is 0 Å². The van der Waals surface area contributed by atoms with E-state index in [0.717, 1.165) is 29.0 Å². The number of methoxy groups -OCH3 is 1. The zero-order valence-electron chi connectivity index (χ0n) is 15.7. The summed E-state index contributed by atoms with van der Waals surface area (Å²) in [4.78, 5) is 14.1. The Morgan fingerprint density at radius 2 is 2.11 bits per heavy atom. The molecule has 28 heavy (non-hydrogen) atoms. The largest absolute Gasteiger partial charge is 0.497 e. The fraction of sp³-hybridized carbons (Fsp3) is 0.350. The van der Waals surface area contributed by atoms with Crippen LogP contribution in [0.5, 0.6) is 5.75 Å². The number of rotatable bonds is 7. The molecule has 1 aliphatic carbocycles. The molecule has 0 bridgehead atoms. The van der Waals surface area contributed by atoms with Crippen molar-refractivity contribution in [1.82, 2.24) is 20.1 Å². The highest BCUT2D eigenvalue weighted by Crippen LogP contribution is 2.41. The van der Waals surface area contributed by atoms with Gasteiger partial charge in [-0.25, -0.2) is 0 Å². The van der Waals surface area contributed by atoms with Crippen LogP contribution in [0.4, 0.5) is 0 Å². The number of aromatic amines is 1. The Morgan fingerprint density at radius 1 is 1.36 bits per heavy atom. The van der Waals surface area contributed by atoms with Gasteiger partial charge in [-0.1, -0.05) is 18.2 Å². The number of aromatic nitrogens is 3. The average molecular weight is 415 g/mol. The quantitative estimate of drug-likeness (QED) is 0.558. The molecule has 1 fully saturated rings. The number of nitrogens with one attached hydrogen (secondary N) is 2. The third kappa shape index (κ3) is 3.74. The van der Waals surface area contributed by atoms with E-state index in [4.69, 9.17) is 17.0 Å². The lowest BCUT2D eigenvalue weighted by atomic mass is 10.0. The Labute approximate surface area is 172 Å². The lowest BCUT2D eigenvalue weighted by molar-refractivity contribution is -0.124. The van der Waals surface area contributed by atoms with Gasteiger partial charge in [0.1, 0.15) is 11.8 Å². The standard InChI is InChI=1S/C20H22N4O2S2/c1-12(24-18(22-23-20(24)27)16-4-3-11-28-16)19(25)21-17(13-5-6-13)14-7-9-15(26-2)10-8-14/h3-4,7-13,17H,5-6H2,1-2H3,(H,21,25)(H,23,27). The number of thiophene rings is 1. The molecule has 2 aromatic heterocycles. The van der Waals surface area contributed by atoms with Gasteiger partial charge in [-0.3, -0.25) is 14.5 Å². The lowest BCUT2D eigenvalue weighted by Crippen LogP contribution is -2.35. The molecule has 2 atom stereocenters. The second kappa shape index (κ2) is 7.89. The Hall–Kier alpha value is -2.45. The predicted octanol–water partition coefficient (Wildman–Crippen LogP) is 4.51.